The molecule has 118 valence electrons. The Hall–Kier alpha value is -2.75. The summed E-state index contributed by atoms with van der Waals surface area (Å²) in [7, 11) is 0. The van der Waals surface area contributed by atoms with Crippen LogP contribution in [0.15, 0.2) is 59.0 Å². The first-order chi connectivity index (χ1) is 11.7. The number of nitrogens with one attached hydrogen (secondary N) is 1. The summed E-state index contributed by atoms with van der Waals surface area (Å²) in [6, 6.07) is 15.0. The van der Waals surface area contributed by atoms with Gasteiger partial charge in [0.2, 0.25) is 0 Å². The zero-order chi connectivity index (χ0) is 16.9. The number of anilines is 1. The van der Waals surface area contributed by atoms with E-state index in [1.54, 1.807) is 41.8 Å². The average molecular weight is 357 g/mol. The SMILES string of the molecule is N#C/C(=N/Nc1ccc(Cl)cc1)c1nc(-c2ccc(F)cc2)cs1. The molecular formula is C17H10ClFN4S. The normalized spacial score (nSPS) is 11.1. The lowest BCUT2D eigenvalue weighted by Gasteiger charge is -2.00. The quantitative estimate of drug-likeness (QED) is 0.532. The Morgan fingerprint density at radius 2 is 1.88 bits per heavy atom. The molecule has 24 heavy (non-hydrogen) atoms. The monoisotopic (exact) mass is 356 g/mol. The van der Waals surface area contributed by atoms with Gasteiger partial charge in [-0.3, -0.25) is 5.43 Å². The Labute approximate surface area is 146 Å². The van der Waals surface area contributed by atoms with Gasteiger partial charge in [-0.15, -0.1) is 11.3 Å². The standard InChI is InChI=1S/C17H10ClFN4S/c18-12-3-7-14(8-4-12)22-23-15(9-20)17-21-16(10-24-17)11-1-5-13(19)6-2-11/h1-8,10,22H/b23-15-. The van der Waals surface area contributed by atoms with Crippen molar-refractivity contribution >= 4 is 34.3 Å². The maximum Gasteiger partial charge on any atom is 0.196 e. The maximum absolute atomic E-state index is 13.0. The third-order valence-electron chi connectivity index (χ3n) is 3.09. The van der Waals surface area contributed by atoms with Gasteiger partial charge in [0.05, 0.1) is 11.4 Å². The van der Waals surface area contributed by atoms with Crippen LogP contribution >= 0.6 is 22.9 Å². The van der Waals surface area contributed by atoms with Crippen molar-refractivity contribution in [3.8, 4) is 17.3 Å². The molecule has 0 aliphatic carbocycles. The Balaban J connectivity index is 1.81. The minimum Gasteiger partial charge on any atom is -0.277 e. The number of nitriles is 1. The summed E-state index contributed by atoms with van der Waals surface area (Å²) in [5, 5.41) is 16.3. The van der Waals surface area contributed by atoms with Gasteiger partial charge in [-0.2, -0.15) is 10.4 Å². The second-order valence-electron chi connectivity index (χ2n) is 4.74. The van der Waals surface area contributed by atoms with Gasteiger partial charge in [0.15, 0.2) is 10.7 Å². The Morgan fingerprint density at radius 1 is 1.17 bits per heavy atom. The van der Waals surface area contributed by atoms with Crippen molar-refractivity contribution in [3.63, 3.8) is 0 Å². The van der Waals surface area contributed by atoms with Crippen LogP contribution in [0.2, 0.25) is 5.02 Å². The van der Waals surface area contributed by atoms with Crippen LogP contribution in [0.5, 0.6) is 0 Å². The highest BCUT2D eigenvalue weighted by Gasteiger charge is 2.10. The molecule has 1 aromatic heterocycles. The lowest BCUT2D eigenvalue weighted by atomic mass is 10.2. The summed E-state index contributed by atoms with van der Waals surface area (Å²) in [5.74, 6) is -0.305. The van der Waals surface area contributed by atoms with E-state index < -0.39 is 0 Å². The summed E-state index contributed by atoms with van der Waals surface area (Å²) in [6.07, 6.45) is 0. The molecule has 0 radical (unpaired) electrons. The van der Waals surface area contributed by atoms with Crippen LogP contribution in [0.25, 0.3) is 11.3 Å². The highest BCUT2D eigenvalue weighted by atomic mass is 35.5. The van der Waals surface area contributed by atoms with Gasteiger partial charge < -0.3 is 0 Å². The fourth-order valence-corrected chi connectivity index (χ4v) is 2.79. The number of rotatable bonds is 4. The van der Waals surface area contributed by atoms with E-state index in [1.165, 1.54) is 23.5 Å². The lowest BCUT2D eigenvalue weighted by Crippen LogP contribution is -2.01. The van der Waals surface area contributed by atoms with Gasteiger partial charge in [0.1, 0.15) is 11.9 Å². The Bertz CT molecular complexity index is 911. The third kappa shape index (κ3) is 3.77. The molecule has 0 aliphatic heterocycles. The molecule has 0 amide bonds. The fraction of sp³-hybridized carbons (Fsp3) is 0. The number of halogens is 2. The van der Waals surface area contributed by atoms with E-state index in [0.29, 0.717) is 21.4 Å². The summed E-state index contributed by atoms with van der Waals surface area (Å²) < 4.78 is 13.0. The highest BCUT2D eigenvalue weighted by Crippen LogP contribution is 2.22. The molecule has 3 rings (SSSR count). The summed E-state index contributed by atoms with van der Waals surface area (Å²) in [6.45, 7) is 0. The molecule has 4 nitrogen and oxygen atoms in total. The molecule has 0 aliphatic rings. The summed E-state index contributed by atoms with van der Waals surface area (Å²) in [5.41, 5.74) is 5.13. The van der Waals surface area contributed by atoms with Gasteiger partial charge in [0.25, 0.3) is 0 Å². The van der Waals surface area contributed by atoms with Crippen molar-refractivity contribution in [1.29, 1.82) is 5.26 Å². The van der Waals surface area contributed by atoms with Gasteiger partial charge in [-0.25, -0.2) is 9.37 Å². The van der Waals surface area contributed by atoms with Gasteiger partial charge in [-0.05, 0) is 48.5 Å². The summed E-state index contributed by atoms with van der Waals surface area (Å²) in [4.78, 5) is 4.39. The van der Waals surface area contributed by atoms with Crippen LogP contribution in [0.4, 0.5) is 10.1 Å². The molecule has 3 aromatic rings. The van der Waals surface area contributed by atoms with E-state index in [-0.39, 0.29) is 11.5 Å². The molecule has 0 atom stereocenters. The van der Waals surface area contributed by atoms with Crippen molar-refractivity contribution in [2.75, 3.05) is 5.43 Å². The number of hydrogen-bond acceptors (Lipinski definition) is 5. The van der Waals surface area contributed by atoms with E-state index in [9.17, 15) is 9.65 Å². The smallest absolute Gasteiger partial charge is 0.196 e. The van der Waals surface area contributed by atoms with E-state index in [2.05, 4.69) is 15.5 Å². The minimum absolute atomic E-state index is 0.170. The highest BCUT2D eigenvalue weighted by molar-refractivity contribution is 7.12. The second kappa shape index (κ2) is 7.21. The molecule has 0 fully saturated rings. The van der Waals surface area contributed by atoms with E-state index in [4.69, 9.17) is 11.6 Å². The summed E-state index contributed by atoms with van der Waals surface area (Å²) >= 11 is 7.12. The number of hydrogen-bond donors (Lipinski definition) is 1. The Morgan fingerprint density at radius 3 is 2.54 bits per heavy atom. The van der Waals surface area contributed by atoms with Gasteiger partial charge in [0, 0.05) is 16.0 Å². The predicted octanol–water partition coefficient (Wildman–Crippen LogP) is 4.94. The van der Waals surface area contributed by atoms with Crippen molar-refractivity contribution in [1.82, 2.24) is 4.98 Å². The number of hydrazone groups is 1. The maximum atomic E-state index is 13.0. The first-order valence-corrected chi connectivity index (χ1v) is 8.12. The molecule has 0 unspecified atom stereocenters. The first-order valence-electron chi connectivity index (χ1n) is 6.87. The van der Waals surface area contributed by atoms with Crippen LogP contribution < -0.4 is 5.43 Å². The number of aromatic nitrogens is 1. The number of benzene rings is 2. The van der Waals surface area contributed by atoms with Crippen LogP contribution in [0.3, 0.4) is 0 Å². The topological polar surface area (TPSA) is 61.1 Å². The molecule has 0 bridgehead atoms. The largest absolute Gasteiger partial charge is 0.277 e. The molecule has 1 heterocycles. The number of nitrogens with zero attached hydrogens (tertiary/aromatic N) is 3. The van der Waals surface area contributed by atoms with Crippen LogP contribution in [-0.4, -0.2) is 10.7 Å². The molecule has 2 aromatic carbocycles. The zero-order valence-corrected chi connectivity index (χ0v) is 13.8. The van der Waals surface area contributed by atoms with E-state index in [1.807, 2.05) is 6.07 Å². The molecule has 0 saturated carbocycles. The molecule has 7 heteroatoms. The van der Waals surface area contributed by atoms with Crippen molar-refractivity contribution in [2.45, 2.75) is 0 Å². The van der Waals surface area contributed by atoms with Gasteiger partial charge >= 0.3 is 0 Å². The number of thiazole rings is 1. The lowest BCUT2D eigenvalue weighted by molar-refractivity contribution is 0.628. The molecular weight excluding hydrogens is 347 g/mol. The molecule has 0 saturated heterocycles. The van der Waals surface area contributed by atoms with Crippen molar-refractivity contribution < 1.29 is 4.39 Å². The second-order valence-corrected chi connectivity index (χ2v) is 6.03. The van der Waals surface area contributed by atoms with Crippen molar-refractivity contribution in [3.05, 3.63) is 69.8 Å². The zero-order valence-electron chi connectivity index (χ0n) is 12.2. The van der Waals surface area contributed by atoms with Crippen LogP contribution in [0.1, 0.15) is 5.01 Å². The molecule has 1 N–H and O–H groups in total. The predicted molar refractivity (Wildman–Crippen MR) is 94.7 cm³/mol. The third-order valence-corrected chi connectivity index (χ3v) is 4.19. The van der Waals surface area contributed by atoms with E-state index >= 15 is 0 Å². The van der Waals surface area contributed by atoms with E-state index in [0.717, 1.165) is 5.56 Å². The average Bonchev–Trinajstić information content (AvgIpc) is 3.08. The van der Waals surface area contributed by atoms with Crippen LogP contribution in [0, 0.1) is 17.1 Å². The Kier molecular flexibility index (Phi) is 4.85. The van der Waals surface area contributed by atoms with Crippen molar-refractivity contribution in [2.24, 2.45) is 5.10 Å². The minimum atomic E-state index is -0.305. The molecule has 0 spiro atoms. The van der Waals surface area contributed by atoms with Gasteiger partial charge in [-0.1, -0.05) is 11.6 Å². The van der Waals surface area contributed by atoms with Crippen LogP contribution in [-0.2, 0) is 0 Å². The first kappa shape index (κ1) is 16.1. The fourth-order valence-electron chi connectivity index (χ4n) is 1.90.